The van der Waals surface area contributed by atoms with Gasteiger partial charge in [-0.25, -0.2) is 4.98 Å². The van der Waals surface area contributed by atoms with Crippen LogP contribution >= 0.6 is 11.6 Å². The van der Waals surface area contributed by atoms with Crippen LogP contribution in [0.25, 0.3) is 33.2 Å². The van der Waals surface area contributed by atoms with Crippen LogP contribution in [0.5, 0.6) is 0 Å². The molecule has 0 aliphatic heterocycles. The Balaban J connectivity index is 2.02. The van der Waals surface area contributed by atoms with Crippen LogP contribution in [0.15, 0.2) is 72.1 Å². The van der Waals surface area contributed by atoms with Crippen LogP contribution < -0.4 is 5.43 Å². The molecule has 6 heteroatoms. The average molecular weight is 360 g/mol. The molecule has 0 aliphatic carbocycles. The summed E-state index contributed by atoms with van der Waals surface area (Å²) in [7, 11) is 0. The number of nitrogens with one attached hydrogen (secondary N) is 1. The second kappa shape index (κ2) is 6.90. The molecular formula is C20H14ClN5. The molecule has 0 saturated carbocycles. The van der Waals surface area contributed by atoms with E-state index in [0.29, 0.717) is 11.5 Å². The maximum absolute atomic E-state index is 6.15. The number of halogens is 1. The summed E-state index contributed by atoms with van der Waals surface area (Å²) < 4.78 is 0. The molecule has 0 aliphatic rings. The molecule has 0 fully saturated rings. The molecule has 0 bridgehead atoms. The van der Waals surface area contributed by atoms with Crippen molar-refractivity contribution < 1.29 is 0 Å². The summed E-state index contributed by atoms with van der Waals surface area (Å²) >= 11 is 6.15. The molecule has 2 aromatic heterocycles. The SMILES string of the molecule is C=NNc1nc(Cl)nc(-c2ccncc2)c1-c1ccc2ccccc2c1. The fraction of sp³-hybridized carbons (Fsp3) is 0. The van der Waals surface area contributed by atoms with E-state index in [-0.39, 0.29) is 5.28 Å². The first-order chi connectivity index (χ1) is 12.8. The first-order valence-electron chi connectivity index (χ1n) is 7.95. The molecule has 1 N–H and O–H groups in total. The molecule has 5 nitrogen and oxygen atoms in total. The fourth-order valence-corrected chi connectivity index (χ4v) is 3.10. The van der Waals surface area contributed by atoms with Crippen molar-refractivity contribution in [3.8, 4) is 22.4 Å². The Morgan fingerprint density at radius 2 is 1.65 bits per heavy atom. The van der Waals surface area contributed by atoms with E-state index >= 15 is 0 Å². The maximum Gasteiger partial charge on any atom is 0.224 e. The van der Waals surface area contributed by atoms with Gasteiger partial charge in [-0.1, -0.05) is 36.4 Å². The minimum absolute atomic E-state index is 0.132. The van der Waals surface area contributed by atoms with Gasteiger partial charge < -0.3 is 0 Å². The molecule has 2 aromatic carbocycles. The lowest BCUT2D eigenvalue weighted by molar-refractivity contribution is 1.14. The number of hydrazone groups is 1. The van der Waals surface area contributed by atoms with E-state index in [2.05, 4.69) is 56.5 Å². The summed E-state index contributed by atoms with van der Waals surface area (Å²) in [4.78, 5) is 12.8. The van der Waals surface area contributed by atoms with Crippen LogP contribution in [0, 0.1) is 0 Å². The Morgan fingerprint density at radius 1 is 0.885 bits per heavy atom. The number of aromatic nitrogens is 3. The van der Waals surface area contributed by atoms with E-state index in [4.69, 9.17) is 11.6 Å². The predicted molar refractivity (Wildman–Crippen MR) is 106 cm³/mol. The molecule has 4 rings (SSSR count). The molecule has 0 unspecified atom stereocenters. The van der Waals surface area contributed by atoms with E-state index in [9.17, 15) is 0 Å². The molecule has 4 aromatic rings. The topological polar surface area (TPSA) is 63.1 Å². The minimum atomic E-state index is 0.132. The van der Waals surface area contributed by atoms with Crippen molar-refractivity contribution in [2.24, 2.45) is 5.10 Å². The third-order valence-electron chi connectivity index (χ3n) is 4.06. The van der Waals surface area contributed by atoms with Crippen LogP contribution in [0.1, 0.15) is 0 Å². The lowest BCUT2D eigenvalue weighted by Crippen LogP contribution is -2.01. The van der Waals surface area contributed by atoms with Crippen LogP contribution in [-0.4, -0.2) is 21.7 Å². The van der Waals surface area contributed by atoms with Gasteiger partial charge in [0.1, 0.15) is 0 Å². The van der Waals surface area contributed by atoms with Gasteiger partial charge in [-0.3, -0.25) is 10.4 Å². The quantitative estimate of drug-likeness (QED) is 0.315. The molecule has 126 valence electrons. The normalized spacial score (nSPS) is 10.7. The number of anilines is 1. The zero-order valence-corrected chi connectivity index (χ0v) is 14.5. The fourth-order valence-electron chi connectivity index (χ4n) is 2.93. The van der Waals surface area contributed by atoms with Gasteiger partial charge in [0.05, 0.1) is 11.3 Å². The van der Waals surface area contributed by atoms with Crippen molar-refractivity contribution in [1.29, 1.82) is 0 Å². The summed E-state index contributed by atoms with van der Waals surface area (Å²) in [5, 5.41) is 6.18. The molecular weight excluding hydrogens is 346 g/mol. The second-order valence-electron chi connectivity index (χ2n) is 5.63. The number of hydrogen-bond acceptors (Lipinski definition) is 5. The summed E-state index contributed by atoms with van der Waals surface area (Å²) in [6, 6.07) is 18.1. The Morgan fingerprint density at radius 3 is 2.42 bits per heavy atom. The van der Waals surface area contributed by atoms with Crippen molar-refractivity contribution >= 4 is 34.9 Å². The lowest BCUT2D eigenvalue weighted by atomic mass is 9.97. The van der Waals surface area contributed by atoms with E-state index in [1.54, 1.807) is 12.4 Å². The first kappa shape index (κ1) is 16.2. The highest BCUT2D eigenvalue weighted by molar-refractivity contribution is 6.28. The Labute approximate surface area is 155 Å². The van der Waals surface area contributed by atoms with E-state index in [1.807, 2.05) is 30.3 Å². The van der Waals surface area contributed by atoms with Crippen molar-refractivity contribution in [3.05, 3.63) is 72.3 Å². The number of fused-ring (bicyclic) bond motifs is 1. The highest BCUT2D eigenvalue weighted by Gasteiger charge is 2.17. The summed E-state index contributed by atoms with van der Waals surface area (Å²) in [6.07, 6.45) is 3.43. The monoisotopic (exact) mass is 359 g/mol. The maximum atomic E-state index is 6.15. The van der Waals surface area contributed by atoms with Gasteiger partial charge in [0.15, 0.2) is 5.82 Å². The second-order valence-corrected chi connectivity index (χ2v) is 5.97. The summed E-state index contributed by atoms with van der Waals surface area (Å²) in [5.74, 6) is 0.502. The Hall–Kier alpha value is -3.31. The Bertz CT molecular complexity index is 1100. The molecule has 2 heterocycles. The van der Waals surface area contributed by atoms with E-state index < -0.39 is 0 Å². The number of nitrogens with zero attached hydrogens (tertiary/aromatic N) is 4. The summed E-state index contributed by atoms with van der Waals surface area (Å²) in [6.45, 7) is 3.50. The van der Waals surface area contributed by atoms with Gasteiger partial charge in [0.25, 0.3) is 0 Å². The van der Waals surface area contributed by atoms with Crippen molar-refractivity contribution in [2.45, 2.75) is 0 Å². The number of hydrogen-bond donors (Lipinski definition) is 1. The van der Waals surface area contributed by atoms with E-state index in [1.165, 1.54) is 0 Å². The van der Waals surface area contributed by atoms with Crippen molar-refractivity contribution in [3.63, 3.8) is 0 Å². The van der Waals surface area contributed by atoms with Crippen LogP contribution in [0.2, 0.25) is 5.28 Å². The largest absolute Gasteiger partial charge is 0.265 e. The number of benzene rings is 2. The zero-order valence-electron chi connectivity index (χ0n) is 13.7. The smallest absolute Gasteiger partial charge is 0.224 e. The van der Waals surface area contributed by atoms with E-state index in [0.717, 1.165) is 27.5 Å². The van der Waals surface area contributed by atoms with Gasteiger partial charge in [-0.15, -0.1) is 0 Å². The standard InChI is InChI=1S/C20H14ClN5/c1-22-26-19-17(16-7-6-13-4-2-3-5-15(13)12-16)18(24-20(21)25-19)14-8-10-23-11-9-14/h2-12H,1H2,(H,24,25,26). The van der Waals surface area contributed by atoms with Gasteiger partial charge in [0.2, 0.25) is 5.28 Å². The third kappa shape index (κ3) is 3.00. The third-order valence-corrected chi connectivity index (χ3v) is 4.23. The molecule has 0 atom stereocenters. The average Bonchev–Trinajstić information content (AvgIpc) is 2.68. The number of pyridine rings is 1. The van der Waals surface area contributed by atoms with Crippen molar-refractivity contribution in [2.75, 3.05) is 5.43 Å². The zero-order chi connectivity index (χ0) is 17.9. The number of rotatable bonds is 4. The molecule has 0 amide bonds. The van der Waals surface area contributed by atoms with Crippen LogP contribution in [0.3, 0.4) is 0 Å². The van der Waals surface area contributed by atoms with Gasteiger partial charge >= 0.3 is 0 Å². The van der Waals surface area contributed by atoms with Crippen molar-refractivity contribution in [1.82, 2.24) is 15.0 Å². The minimum Gasteiger partial charge on any atom is -0.265 e. The Kier molecular flexibility index (Phi) is 4.29. The predicted octanol–water partition coefficient (Wildman–Crippen LogP) is 5.04. The van der Waals surface area contributed by atoms with Gasteiger partial charge in [0, 0.05) is 24.7 Å². The highest BCUT2D eigenvalue weighted by atomic mass is 35.5. The molecule has 0 radical (unpaired) electrons. The molecule has 26 heavy (non-hydrogen) atoms. The lowest BCUT2D eigenvalue weighted by Gasteiger charge is -2.14. The molecule has 0 spiro atoms. The first-order valence-corrected chi connectivity index (χ1v) is 8.33. The summed E-state index contributed by atoms with van der Waals surface area (Å²) in [5.41, 5.74) is 6.19. The van der Waals surface area contributed by atoms with Gasteiger partial charge in [-0.05, 0) is 46.1 Å². The molecule has 0 saturated heterocycles. The van der Waals surface area contributed by atoms with Crippen LogP contribution in [-0.2, 0) is 0 Å². The van der Waals surface area contributed by atoms with Crippen LogP contribution in [0.4, 0.5) is 5.82 Å². The highest BCUT2D eigenvalue weighted by Crippen LogP contribution is 2.37. The van der Waals surface area contributed by atoms with Gasteiger partial charge in [-0.2, -0.15) is 10.1 Å².